The predicted octanol–water partition coefficient (Wildman–Crippen LogP) is 2.48. The molecule has 0 bridgehead atoms. The van der Waals surface area contributed by atoms with Crippen LogP contribution in [0.1, 0.15) is 30.4 Å². The van der Waals surface area contributed by atoms with E-state index in [4.69, 9.17) is 0 Å². The summed E-state index contributed by atoms with van der Waals surface area (Å²) >= 11 is 0. The second-order valence-electron chi connectivity index (χ2n) is 4.58. The van der Waals surface area contributed by atoms with Gasteiger partial charge in [0.25, 0.3) is 6.43 Å². The van der Waals surface area contributed by atoms with Gasteiger partial charge in [-0.1, -0.05) is 24.3 Å². The van der Waals surface area contributed by atoms with Gasteiger partial charge in [0.05, 0.1) is 6.10 Å². The minimum Gasteiger partial charge on any atom is -0.392 e. The number of nitrogens with one attached hydrogen (secondary N) is 1. The normalized spacial score (nSPS) is 17.4. The van der Waals surface area contributed by atoms with E-state index in [2.05, 4.69) is 5.32 Å². The van der Waals surface area contributed by atoms with Gasteiger partial charge in [0.2, 0.25) is 0 Å². The fraction of sp³-hybridized carbons (Fsp3) is 0.538. The fourth-order valence-corrected chi connectivity index (χ4v) is 1.79. The van der Waals surface area contributed by atoms with E-state index in [1.165, 1.54) is 12.1 Å². The van der Waals surface area contributed by atoms with Crippen molar-refractivity contribution in [3.05, 3.63) is 35.4 Å². The number of hydrogen-bond donors (Lipinski definition) is 2. The van der Waals surface area contributed by atoms with E-state index in [0.717, 1.165) is 18.4 Å². The lowest BCUT2D eigenvalue weighted by Crippen LogP contribution is -2.27. The molecule has 1 aliphatic carbocycles. The molecule has 94 valence electrons. The molecule has 2 rings (SSSR count). The molecular weight excluding hydrogens is 224 g/mol. The van der Waals surface area contributed by atoms with Gasteiger partial charge in [-0.15, -0.1) is 0 Å². The Morgan fingerprint density at radius 1 is 1.24 bits per heavy atom. The number of benzene rings is 1. The summed E-state index contributed by atoms with van der Waals surface area (Å²) in [4.78, 5) is 0. The average Bonchev–Trinajstić information content (AvgIpc) is 3.13. The standard InChI is InChI=1S/C13H17F2NO/c14-13(15)11-3-1-9(2-4-11)7-16-8-12(17)10-5-6-10/h1-4,10,12-13,16-17H,5-8H2. The summed E-state index contributed by atoms with van der Waals surface area (Å²) in [5.41, 5.74) is 1.00. The molecule has 1 fully saturated rings. The van der Waals surface area contributed by atoms with Gasteiger partial charge >= 0.3 is 0 Å². The van der Waals surface area contributed by atoms with Crippen molar-refractivity contribution in [1.29, 1.82) is 0 Å². The summed E-state index contributed by atoms with van der Waals surface area (Å²) < 4.78 is 24.6. The van der Waals surface area contributed by atoms with Crippen LogP contribution in [0.5, 0.6) is 0 Å². The summed E-state index contributed by atoms with van der Waals surface area (Å²) in [6, 6.07) is 6.27. The van der Waals surface area contributed by atoms with E-state index in [9.17, 15) is 13.9 Å². The first-order valence-electron chi connectivity index (χ1n) is 5.92. The first-order chi connectivity index (χ1) is 8.16. The van der Waals surface area contributed by atoms with Gasteiger partial charge in [-0.3, -0.25) is 0 Å². The smallest absolute Gasteiger partial charge is 0.263 e. The zero-order chi connectivity index (χ0) is 12.3. The third-order valence-corrected chi connectivity index (χ3v) is 3.08. The monoisotopic (exact) mass is 241 g/mol. The number of aliphatic hydroxyl groups is 1. The van der Waals surface area contributed by atoms with Gasteiger partial charge in [-0.25, -0.2) is 8.78 Å². The lowest BCUT2D eigenvalue weighted by molar-refractivity contribution is 0.148. The van der Waals surface area contributed by atoms with E-state index >= 15 is 0 Å². The van der Waals surface area contributed by atoms with Gasteiger partial charge < -0.3 is 10.4 Å². The van der Waals surface area contributed by atoms with Crippen molar-refractivity contribution in [2.75, 3.05) is 6.54 Å². The van der Waals surface area contributed by atoms with Crippen LogP contribution in [0, 0.1) is 5.92 Å². The number of halogens is 2. The van der Waals surface area contributed by atoms with E-state index in [0.29, 0.717) is 19.0 Å². The Morgan fingerprint density at radius 2 is 1.88 bits per heavy atom. The van der Waals surface area contributed by atoms with Crippen molar-refractivity contribution in [2.45, 2.75) is 31.9 Å². The second kappa shape index (κ2) is 5.56. The summed E-state index contributed by atoms with van der Waals surface area (Å²) in [6.07, 6.45) is -0.443. The molecule has 0 saturated heterocycles. The van der Waals surface area contributed by atoms with Crippen LogP contribution in [-0.4, -0.2) is 17.8 Å². The largest absolute Gasteiger partial charge is 0.392 e. The molecule has 0 heterocycles. The molecule has 0 spiro atoms. The molecule has 1 unspecified atom stereocenters. The van der Waals surface area contributed by atoms with Crippen LogP contribution in [0.25, 0.3) is 0 Å². The quantitative estimate of drug-likeness (QED) is 0.802. The molecule has 1 aliphatic rings. The van der Waals surface area contributed by atoms with Crippen LogP contribution in [-0.2, 0) is 6.54 Å². The summed E-state index contributed by atoms with van der Waals surface area (Å²) in [7, 11) is 0. The SMILES string of the molecule is OC(CNCc1ccc(C(F)F)cc1)C1CC1. The molecule has 1 aromatic rings. The number of alkyl halides is 2. The molecule has 0 aromatic heterocycles. The molecule has 0 amide bonds. The summed E-state index contributed by atoms with van der Waals surface area (Å²) in [5.74, 6) is 0.462. The van der Waals surface area contributed by atoms with Gasteiger partial charge in [-0.05, 0) is 24.3 Å². The molecule has 2 N–H and O–H groups in total. The van der Waals surface area contributed by atoms with Gasteiger partial charge in [-0.2, -0.15) is 0 Å². The van der Waals surface area contributed by atoms with Crippen molar-refractivity contribution in [1.82, 2.24) is 5.32 Å². The fourth-order valence-electron chi connectivity index (χ4n) is 1.79. The third-order valence-electron chi connectivity index (χ3n) is 3.08. The Kier molecular flexibility index (Phi) is 4.07. The van der Waals surface area contributed by atoms with Crippen LogP contribution in [0.3, 0.4) is 0 Å². The highest BCUT2D eigenvalue weighted by molar-refractivity contribution is 5.23. The molecular formula is C13H17F2NO. The van der Waals surface area contributed by atoms with Crippen LogP contribution < -0.4 is 5.32 Å². The number of hydrogen-bond acceptors (Lipinski definition) is 2. The van der Waals surface area contributed by atoms with Crippen molar-refractivity contribution in [2.24, 2.45) is 5.92 Å². The zero-order valence-electron chi connectivity index (χ0n) is 9.57. The second-order valence-corrected chi connectivity index (χ2v) is 4.58. The highest BCUT2D eigenvalue weighted by Gasteiger charge is 2.28. The van der Waals surface area contributed by atoms with E-state index < -0.39 is 6.43 Å². The predicted molar refractivity (Wildman–Crippen MR) is 61.8 cm³/mol. The Bertz CT molecular complexity index is 349. The molecule has 4 heteroatoms. The van der Waals surface area contributed by atoms with E-state index in [1.54, 1.807) is 12.1 Å². The Labute approximate surface area is 99.7 Å². The topological polar surface area (TPSA) is 32.3 Å². The number of aliphatic hydroxyl groups excluding tert-OH is 1. The first-order valence-corrected chi connectivity index (χ1v) is 5.92. The van der Waals surface area contributed by atoms with Crippen molar-refractivity contribution in [3.8, 4) is 0 Å². The van der Waals surface area contributed by atoms with Crippen molar-refractivity contribution < 1.29 is 13.9 Å². The number of rotatable bonds is 6. The average molecular weight is 241 g/mol. The maximum absolute atomic E-state index is 12.3. The summed E-state index contributed by atoms with van der Waals surface area (Å²) in [5, 5.41) is 12.8. The molecule has 0 aliphatic heterocycles. The third kappa shape index (κ3) is 3.75. The Hall–Kier alpha value is -1.00. The molecule has 1 aromatic carbocycles. The van der Waals surface area contributed by atoms with Gasteiger partial charge in [0.15, 0.2) is 0 Å². The van der Waals surface area contributed by atoms with Crippen molar-refractivity contribution in [3.63, 3.8) is 0 Å². The van der Waals surface area contributed by atoms with Gasteiger partial charge in [0, 0.05) is 18.7 Å². The Balaban J connectivity index is 1.74. The van der Waals surface area contributed by atoms with Gasteiger partial charge in [0.1, 0.15) is 0 Å². The minimum absolute atomic E-state index is 0.0479. The zero-order valence-corrected chi connectivity index (χ0v) is 9.57. The van der Waals surface area contributed by atoms with Crippen LogP contribution in [0.15, 0.2) is 24.3 Å². The van der Waals surface area contributed by atoms with Crippen LogP contribution >= 0.6 is 0 Å². The Morgan fingerprint density at radius 3 is 2.41 bits per heavy atom. The van der Waals surface area contributed by atoms with Crippen LogP contribution in [0.4, 0.5) is 8.78 Å². The van der Waals surface area contributed by atoms with E-state index in [-0.39, 0.29) is 11.7 Å². The maximum Gasteiger partial charge on any atom is 0.263 e. The maximum atomic E-state index is 12.3. The van der Waals surface area contributed by atoms with Crippen LogP contribution in [0.2, 0.25) is 0 Å². The molecule has 2 nitrogen and oxygen atoms in total. The molecule has 1 saturated carbocycles. The first kappa shape index (κ1) is 12.5. The van der Waals surface area contributed by atoms with Crippen molar-refractivity contribution >= 4 is 0 Å². The molecule has 1 atom stereocenters. The lowest BCUT2D eigenvalue weighted by atomic mass is 10.1. The highest BCUT2D eigenvalue weighted by Crippen LogP contribution is 2.32. The van der Waals surface area contributed by atoms with E-state index in [1.807, 2.05) is 0 Å². The minimum atomic E-state index is -2.41. The molecule has 17 heavy (non-hydrogen) atoms. The lowest BCUT2D eigenvalue weighted by Gasteiger charge is -2.10. The summed E-state index contributed by atoms with van der Waals surface area (Å²) in [6.45, 7) is 1.18. The highest BCUT2D eigenvalue weighted by atomic mass is 19.3. The molecule has 0 radical (unpaired) electrons.